The monoisotopic (exact) mass is 415 g/mol. The fourth-order valence-electron chi connectivity index (χ4n) is 2.54. The number of aromatic nitrogens is 2. The first kappa shape index (κ1) is 20.3. The third kappa shape index (κ3) is 5.32. The van der Waals surface area contributed by atoms with Crippen molar-refractivity contribution in [2.75, 3.05) is 17.2 Å². The fourth-order valence-corrected chi connectivity index (χ4v) is 3.41. The van der Waals surface area contributed by atoms with Gasteiger partial charge in [-0.1, -0.05) is 12.1 Å². The lowest BCUT2D eigenvalue weighted by atomic mass is 10.2. The summed E-state index contributed by atoms with van der Waals surface area (Å²) in [5.41, 5.74) is 0.613. The van der Waals surface area contributed by atoms with Gasteiger partial charge in [-0.25, -0.2) is 9.37 Å². The van der Waals surface area contributed by atoms with E-state index in [1.165, 1.54) is 30.0 Å². The number of aryl methyl sites for hydroxylation is 1. The molecular weight excluding hydrogens is 397 g/mol. The Morgan fingerprint density at radius 3 is 2.79 bits per heavy atom. The Hall–Kier alpha value is -3.40. The standard InChI is InChI=1S/C19H18FN5O3S/c1-24-11-10-22-19(24)29-17-7-6-13(20)12-15(17)23-18(26)8-9-21-14-4-2-3-5-16(14)25(27)28/h2-7,10-12,21H,8-9H2,1H3,(H,23,26). The molecule has 0 aliphatic rings. The Bertz CT molecular complexity index is 1040. The number of imidazole rings is 1. The number of carbonyl (C=O) groups is 1. The van der Waals surface area contributed by atoms with Crippen LogP contribution in [0.3, 0.4) is 0 Å². The van der Waals surface area contributed by atoms with Crippen LogP contribution in [-0.4, -0.2) is 26.9 Å². The van der Waals surface area contributed by atoms with Crippen LogP contribution >= 0.6 is 11.8 Å². The molecule has 150 valence electrons. The SMILES string of the molecule is Cn1ccnc1Sc1ccc(F)cc1NC(=O)CCNc1ccccc1[N+](=O)[O-]. The zero-order valence-electron chi connectivity index (χ0n) is 15.5. The number of nitro benzene ring substituents is 1. The van der Waals surface area contributed by atoms with Gasteiger partial charge in [0, 0.05) is 43.4 Å². The molecule has 1 amide bonds. The van der Waals surface area contributed by atoms with E-state index in [0.717, 1.165) is 0 Å². The van der Waals surface area contributed by atoms with E-state index in [1.807, 2.05) is 11.6 Å². The highest BCUT2D eigenvalue weighted by molar-refractivity contribution is 7.99. The van der Waals surface area contributed by atoms with E-state index in [1.54, 1.807) is 36.7 Å². The number of benzene rings is 2. The number of hydrogen-bond donors (Lipinski definition) is 2. The highest BCUT2D eigenvalue weighted by Crippen LogP contribution is 2.33. The second kappa shape index (κ2) is 9.20. The lowest BCUT2D eigenvalue weighted by Crippen LogP contribution is -2.17. The van der Waals surface area contributed by atoms with E-state index in [2.05, 4.69) is 15.6 Å². The maximum atomic E-state index is 13.7. The highest BCUT2D eigenvalue weighted by atomic mass is 32.2. The lowest BCUT2D eigenvalue weighted by Gasteiger charge is -2.12. The Morgan fingerprint density at radius 1 is 1.28 bits per heavy atom. The van der Waals surface area contributed by atoms with Gasteiger partial charge in [0.1, 0.15) is 11.5 Å². The molecule has 0 saturated heterocycles. The van der Waals surface area contributed by atoms with Crippen LogP contribution in [0.4, 0.5) is 21.5 Å². The minimum absolute atomic E-state index is 0.0507. The van der Waals surface area contributed by atoms with Gasteiger partial charge in [-0.15, -0.1) is 0 Å². The molecule has 10 heteroatoms. The van der Waals surface area contributed by atoms with Crippen LogP contribution in [0.2, 0.25) is 0 Å². The molecule has 0 bridgehead atoms. The summed E-state index contributed by atoms with van der Waals surface area (Å²) in [4.78, 5) is 27.7. The number of halogens is 1. The van der Waals surface area contributed by atoms with E-state index >= 15 is 0 Å². The first-order chi connectivity index (χ1) is 13.9. The molecule has 3 aromatic rings. The summed E-state index contributed by atoms with van der Waals surface area (Å²) in [6.07, 6.45) is 3.49. The van der Waals surface area contributed by atoms with Gasteiger partial charge in [-0.2, -0.15) is 0 Å². The minimum Gasteiger partial charge on any atom is -0.379 e. The first-order valence-electron chi connectivity index (χ1n) is 8.66. The first-order valence-corrected chi connectivity index (χ1v) is 9.47. The molecule has 0 spiro atoms. The van der Waals surface area contributed by atoms with Gasteiger partial charge >= 0.3 is 0 Å². The van der Waals surface area contributed by atoms with Crippen LogP contribution in [0.1, 0.15) is 6.42 Å². The van der Waals surface area contributed by atoms with Crippen molar-refractivity contribution in [1.29, 1.82) is 0 Å². The lowest BCUT2D eigenvalue weighted by molar-refractivity contribution is -0.384. The van der Waals surface area contributed by atoms with Crippen molar-refractivity contribution in [1.82, 2.24) is 9.55 Å². The molecule has 3 rings (SSSR count). The zero-order chi connectivity index (χ0) is 20.8. The number of nitrogens with zero attached hydrogens (tertiary/aromatic N) is 3. The number of rotatable bonds is 8. The molecule has 2 aromatic carbocycles. The van der Waals surface area contributed by atoms with Gasteiger partial charge in [-0.3, -0.25) is 14.9 Å². The van der Waals surface area contributed by atoms with E-state index in [9.17, 15) is 19.3 Å². The quantitative estimate of drug-likeness (QED) is 0.425. The van der Waals surface area contributed by atoms with Crippen molar-refractivity contribution in [3.05, 3.63) is 70.8 Å². The minimum atomic E-state index is -0.490. The summed E-state index contributed by atoms with van der Waals surface area (Å²) in [5.74, 6) is -0.814. The molecule has 0 radical (unpaired) electrons. The molecule has 0 atom stereocenters. The predicted molar refractivity (Wildman–Crippen MR) is 109 cm³/mol. The van der Waals surface area contributed by atoms with Crippen LogP contribution in [0.5, 0.6) is 0 Å². The van der Waals surface area contributed by atoms with Gasteiger partial charge in [-0.05, 0) is 36.0 Å². The average Bonchev–Trinajstić information content (AvgIpc) is 3.09. The Balaban J connectivity index is 1.63. The summed E-state index contributed by atoms with van der Waals surface area (Å²) in [5, 5.41) is 17.3. The molecule has 1 heterocycles. The van der Waals surface area contributed by atoms with Crippen LogP contribution in [0.15, 0.2) is 64.9 Å². The summed E-state index contributed by atoms with van der Waals surface area (Å²) in [6, 6.07) is 10.3. The molecule has 0 aliphatic carbocycles. The second-order valence-electron chi connectivity index (χ2n) is 6.06. The number of anilines is 2. The molecule has 0 unspecified atom stereocenters. The number of carbonyl (C=O) groups excluding carboxylic acids is 1. The van der Waals surface area contributed by atoms with Crippen LogP contribution in [0.25, 0.3) is 0 Å². The zero-order valence-corrected chi connectivity index (χ0v) is 16.3. The number of nitro groups is 1. The number of amides is 1. The Labute approximate surface area is 170 Å². The van der Waals surface area contributed by atoms with Crippen LogP contribution in [-0.2, 0) is 11.8 Å². The maximum absolute atomic E-state index is 13.7. The van der Waals surface area contributed by atoms with Crippen molar-refractivity contribution >= 4 is 34.7 Å². The Kier molecular flexibility index (Phi) is 6.45. The number of hydrogen-bond acceptors (Lipinski definition) is 6. The van der Waals surface area contributed by atoms with Crippen LogP contribution < -0.4 is 10.6 Å². The molecule has 0 aliphatic heterocycles. The van der Waals surface area contributed by atoms with E-state index in [-0.39, 0.29) is 24.6 Å². The van der Waals surface area contributed by atoms with Gasteiger partial charge in [0.05, 0.1) is 10.6 Å². The molecular formula is C19H18FN5O3S. The average molecular weight is 415 g/mol. The summed E-state index contributed by atoms with van der Waals surface area (Å²) >= 11 is 1.30. The smallest absolute Gasteiger partial charge is 0.292 e. The van der Waals surface area contributed by atoms with Gasteiger partial charge in [0.25, 0.3) is 5.69 Å². The second-order valence-corrected chi connectivity index (χ2v) is 7.07. The van der Waals surface area contributed by atoms with Crippen molar-refractivity contribution in [2.24, 2.45) is 7.05 Å². The van der Waals surface area contributed by atoms with Gasteiger partial charge in [0.2, 0.25) is 5.91 Å². The molecule has 1 aromatic heterocycles. The van der Waals surface area contributed by atoms with Crippen molar-refractivity contribution in [3.63, 3.8) is 0 Å². The maximum Gasteiger partial charge on any atom is 0.292 e. The van der Waals surface area contributed by atoms with E-state index < -0.39 is 10.7 Å². The van der Waals surface area contributed by atoms with E-state index in [4.69, 9.17) is 0 Å². The Morgan fingerprint density at radius 2 is 2.07 bits per heavy atom. The fraction of sp³-hybridized carbons (Fsp3) is 0.158. The van der Waals surface area contributed by atoms with Gasteiger partial charge < -0.3 is 15.2 Å². The van der Waals surface area contributed by atoms with E-state index in [0.29, 0.717) is 21.4 Å². The predicted octanol–water partition coefficient (Wildman–Crippen LogP) is 4.06. The van der Waals surface area contributed by atoms with Crippen molar-refractivity contribution in [3.8, 4) is 0 Å². The summed E-state index contributed by atoms with van der Waals surface area (Å²) < 4.78 is 15.5. The highest BCUT2D eigenvalue weighted by Gasteiger charge is 2.14. The molecule has 8 nitrogen and oxygen atoms in total. The molecule has 0 fully saturated rings. The summed E-state index contributed by atoms with van der Waals surface area (Å²) in [7, 11) is 1.84. The van der Waals surface area contributed by atoms with Crippen molar-refractivity contribution < 1.29 is 14.1 Å². The third-order valence-electron chi connectivity index (χ3n) is 3.96. The van der Waals surface area contributed by atoms with Crippen molar-refractivity contribution in [2.45, 2.75) is 16.5 Å². The number of para-hydroxylation sites is 2. The molecule has 29 heavy (non-hydrogen) atoms. The number of nitrogens with one attached hydrogen (secondary N) is 2. The third-order valence-corrected chi connectivity index (χ3v) is 5.11. The molecule has 0 saturated carbocycles. The summed E-state index contributed by atoms with van der Waals surface area (Å²) in [6.45, 7) is 0.188. The van der Waals surface area contributed by atoms with Gasteiger partial charge in [0.15, 0.2) is 5.16 Å². The van der Waals surface area contributed by atoms with Crippen LogP contribution in [0, 0.1) is 15.9 Å². The molecule has 2 N–H and O–H groups in total. The largest absolute Gasteiger partial charge is 0.379 e. The topological polar surface area (TPSA) is 102 Å². The normalized spacial score (nSPS) is 10.6.